The third-order valence-electron chi connectivity index (χ3n) is 2.70. The lowest BCUT2D eigenvalue weighted by Crippen LogP contribution is -1.96. The molecule has 0 aliphatic rings. The number of benzene rings is 2. The number of hydrogen-bond donors (Lipinski definition) is 0. The summed E-state index contributed by atoms with van der Waals surface area (Å²) in [7, 11) is 1.41. The van der Waals surface area contributed by atoms with E-state index in [0.29, 0.717) is 10.0 Å². The van der Waals surface area contributed by atoms with Crippen molar-refractivity contribution in [2.45, 2.75) is 5.38 Å². The van der Waals surface area contributed by atoms with Crippen LogP contribution in [0.4, 0.5) is 4.39 Å². The Morgan fingerprint density at radius 3 is 2.26 bits per heavy atom. The lowest BCUT2D eigenvalue weighted by Gasteiger charge is -2.13. The van der Waals surface area contributed by atoms with Gasteiger partial charge < -0.3 is 4.74 Å². The highest BCUT2D eigenvalue weighted by Crippen LogP contribution is 2.34. The van der Waals surface area contributed by atoms with Crippen LogP contribution in [0.3, 0.4) is 0 Å². The minimum Gasteiger partial charge on any atom is -0.494 e. The number of alkyl halides is 1. The second kappa shape index (κ2) is 6.00. The van der Waals surface area contributed by atoms with Gasteiger partial charge >= 0.3 is 0 Å². The zero-order valence-electron chi connectivity index (χ0n) is 9.96. The average molecular weight is 320 g/mol. The Labute approximate surface area is 125 Å². The van der Waals surface area contributed by atoms with E-state index in [4.69, 9.17) is 39.5 Å². The van der Waals surface area contributed by atoms with E-state index in [2.05, 4.69) is 0 Å². The van der Waals surface area contributed by atoms with Gasteiger partial charge in [-0.05, 0) is 35.4 Å². The molecule has 2 aromatic carbocycles. The Balaban J connectivity index is 2.37. The molecule has 0 N–H and O–H groups in total. The maximum Gasteiger partial charge on any atom is 0.165 e. The largest absolute Gasteiger partial charge is 0.494 e. The van der Waals surface area contributed by atoms with Crippen molar-refractivity contribution in [2.24, 2.45) is 0 Å². The van der Waals surface area contributed by atoms with E-state index in [1.54, 1.807) is 30.3 Å². The molecule has 19 heavy (non-hydrogen) atoms. The molecule has 0 amide bonds. The van der Waals surface area contributed by atoms with Crippen molar-refractivity contribution in [3.8, 4) is 5.75 Å². The fourth-order valence-corrected chi connectivity index (χ4v) is 2.27. The molecular formula is C14H10Cl3FO. The summed E-state index contributed by atoms with van der Waals surface area (Å²) >= 11 is 18.2. The molecule has 0 aliphatic heterocycles. The van der Waals surface area contributed by atoms with E-state index >= 15 is 0 Å². The van der Waals surface area contributed by atoms with Crippen molar-refractivity contribution >= 4 is 34.8 Å². The molecule has 1 atom stereocenters. The first-order valence-corrected chi connectivity index (χ1v) is 6.64. The van der Waals surface area contributed by atoms with Crippen LogP contribution in [0.15, 0.2) is 36.4 Å². The van der Waals surface area contributed by atoms with Crippen LogP contribution in [0.25, 0.3) is 0 Å². The SMILES string of the molecule is COc1cc(C(Cl)c2ccc(Cl)c(Cl)c2)ccc1F. The predicted octanol–water partition coefficient (Wildman–Crippen LogP) is 5.47. The average Bonchev–Trinajstić information content (AvgIpc) is 2.41. The maximum absolute atomic E-state index is 13.3. The Hall–Kier alpha value is -0.960. The first kappa shape index (κ1) is 14.4. The van der Waals surface area contributed by atoms with Crippen LogP contribution in [-0.4, -0.2) is 7.11 Å². The van der Waals surface area contributed by atoms with Gasteiger partial charge in [0.1, 0.15) is 0 Å². The summed E-state index contributed by atoms with van der Waals surface area (Å²) < 4.78 is 18.3. The van der Waals surface area contributed by atoms with Crippen molar-refractivity contribution < 1.29 is 9.13 Å². The topological polar surface area (TPSA) is 9.23 Å². The van der Waals surface area contributed by atoms with Gasteiger partial charge in [0.05, 0.1) is 22.5 Å². The summed E-state index contributed by atoms with van der Waals surface area (Å²) in [5.41, 5.74) is 1.50. The Kier molecular flexibility index (Phi) is 4.56. The minimum absolute atomic E-state index is 0.156. The van der Waals surface area contributed by atoms with Crippen molar-refractivity contribution in [3.05, 3.63) is 63.4 Å². The first-order valence-electron chi connectivity index (χ1n) is 5.45. The monoisotopic (exact) mass is 318 g/mol. The van der Waals surface area contributed by atoms with Crippen LogP contribution >= 0.6 is 34.8 Å². The third-order valence-corrected chi connectivity index (χ3v) is 3.95. The van der Waals surface area contributed by atoms with E-state index in [0.717, 1.165) is 11.1 Å². The summed E-state index contributed by atoms with van der Waals surface area (Å²) in [6.07, 6.45) is 0. The fourth-order valence-electron chi connectivity index (χ4n) is 1.70. The number of ether oxygens (including phenoxy) is 1. The molecule has 5 heteroatoms. The Morgan fingerprint density at radius 2 is 1.63 bits per heavy atom. The Bertz CT molecular complexity index is 601. The molecule has 0 spiro atoms. The van der Waals surface area contributed by atoms with Crippen molar-refractivity contribution in [1.82, 2.24) is 0 Å². The first-order chi connectivity index (χ1) is 9.02. The van der Waals surface area contributed by atoms with Crippen LogP contribution in [0.2, 0.25) is 10.0 Å². The predicted molar refractivity (Wildman–Crippen MR) is 77.1 cm³/mol. The standard InChI is InChI=1S/C14H10Cl3FO/c1-19-13-7-9(3-5-12(13)18)14(17)8-2-4-10(15)11(16)6-8/h2-7,14H,1H3. The van der Waals surface area contributed by atoms with Crippen LogP contribution in [0.1, 0.15) is 16.5 Å². The highest BCUT2D eigenvalue weighted by Gasteiger charge is 2.14. The molecule has 0 bridgehead atoms. The van der Waals surface area contributed by atoms with E-state index in [9.17, 15) is 4.39 Å². The van der Waals surface area contributed by atoms with Crippen LogP contribution in [0, 0.1) is 5.82 Å². The maximum atomic E-state index is 13.3. The van der Waals surface area contributed by atoms with Gasteiger partial charge in [0.25, 0.3) is 0 Å². The second-order valence-electron chi connectivity index (χ2n) is 3.93. The number of methoxy groups -OCH3 is 1. The molecule has 0 radical (unpaired) electrons. The van der Waals surface area contributed by atoms with Gasteiger partial charge in [0.2, 0.25) is 0 Å². The highest BCUT2D eigenvalue weighted by molar-refractivity contribution is 6.42. The molecule has 2 aromatic rings. The van der Waals surface area contributed by atoms with Gasteiger partial charge in [-0.3, -0.25) is 0 Å². The van der Waals surface area contributed by atoms with E-state index < -0.39 is 11.2 Å². The van der Waals surface area contributed by atoms with Crippen LogP contribution < -0.4 is 4.74 Å². The smallest absolute Gasteiger partial charge is 0.165 e. The summed E-state index contributed by atoms with van der Waals surface area (Å²) in [6.45, 7) is 0. The summed E-state index contributed by atoms with van der Waals surface area (Å²) in [4.78, 5) is 0. The third kappa shape index (κ3) is 3.14. The van der Waals surface area contributed by atoms with E-state index in [1.807, 2.05) is 0 Å². The van der Waals surface area contributed by atoms with Crippen LogP contribution in [-0.2, 0) is 0 Å². The molecule has 0 saturated heterocycles. The van der Waals surface area contributed by atoms with E-state index in [-0.39, 0.29) is 5.75 Å². The molecule has 2 rings (SSSR count). The second-order valence-corrected chi connectivity index (χ2v) is 5.18. The fraction of sp³-hybridized carbons (Fsp3) is 0.143. The van der Waals surface area contributed by atoms with Gasteiger partial charge in [-0.25, -0.2) is 4.39 Å². The molecule has 0 fully saturated rings. The molecule has 0 saturated carbocycles. The zero-order chi connectivity index (χ0) is 14.0. The quantitative estimate of drug-likeness (QED) is 0.682. The molecular weight excluding hydrogens is 310 g/mol. The number of halogens is 4. The number of rotatable bonds is 3. The molecule has 100 valence electrons. The van der Waals surface area contributed by atoms with Crippen molar-refractivity contribution in [1.29, 1.82) is 0 Å². The van der Waals surface area contributed by atoms with Crippen molar-refractivity contribution in [3.63, 3.8) is 0 Å². The Morgan fingerprint density at radius 1 is 1.00 bits per heavy atom. The van der Waals surface area contributed by atoms with Crippen molar-refractivity contribution in [2.75, 3.05) is 7.11 Å². The molecule has 1 nitrogen and oxygen atoms in total. The lowest BCUT2D eigenvalue weighted by molar-refractivity contribution is 0.386. The number of hydrogen-bond acceptors (Lipinski definition) is 1. The normalized spacial score (nSPS) is 12.3. The van der Waals surface area contributed by atoms with E-state index in [1.165, 1.54) is 13.2 Å². The summed E-state index contributed by atoms with van der Waals surface area (Å²) in [5.74, 6) is -0.271. The van der Waals surface area contributed by atoms with Gasteiger partial charge in [0, 0.05) is 0 Å². The van der Waals surface area contributed by atoms with Crippen LogP contribution in [0.5, 0.6) is 5.75 Å². The van der Waals surface area contributed by atoms with Gasteiger partial charge in [-0.1, -0.05) is 35.3 Å². The molecule has 0 aromatic heterocycles. The van der Waals surface area contributed by atoms with Gasteiger partial charge in [0.15, 0.2) is 11.6 Å². The molecule has 0 heterocycles. The highest BCUT2D eigenvalue weighted by atomic mass is 35.5. The summed E-state index contributed by atoms with van der Waals surface area (Å²) in [5, 5.41) is 0.439. The summed E-state index contributed by atoms with van der Waals surface area (Å²) in [6, 6.07) is 9.64. The molecule has 0 aliphatic carbocycles. The van der Waals surface area contributed by atoms with Gasteiger partial charge in [-0.2, -0.15) is 0 Å². The van der Waals surface area contributed by atoms with Gasteiger partial charge in [-0.15, -0.1) is 11.6 Å². The minimum atomic E-state index is -0.454. The molecule has 1 unspecified atom stereocenters. The lowest BCUT2D eigenvalue weighted by atomic mass is 10.0. The zero-order valence-corrected chi connectivity index (χ0v) is 12.2.